The van der Waals surface area contributed by atoms with Crippen LogP contribution >= 0.6 is 11.8 Å². The highest BCUT2D eigenvalue weighted by molar-refractivity contribution is 8.02. The maximum atomic E-state index is 14.4. The predicted molar refractivity (Wildman–Crippen MR) is 141 cm³/mol. The van der Waals surface area contributed by atoms with Crippen molar-refractivity contribution in [3.63, 3.8) is 0 Å². The molecule has 0 radical (unpaired) electrons. The molecule has 4 heterocycles. The molecule has 1 N–H and O–H groups in total. The molecule has 0 aromatic heterocycles. The van der Waals surface area contributed by atoms with E-state index in [0.717, 1.165) is 19.3 Å². The van der Waals surface area contributed by atoms with Gasteiger partial charge in [0.05, 0.1) is 35.8 Å². The van der Waals surface area contributed by atoms with Crippen LogP contribution in [-0.4, -0.2) is 79.6 Å². The molecule has 2 saturated heterocycles. The van der Waals surface area contributed by atoms with Crippen LogP contribution < -0.4 is 0 Å². The highest BCUT2D eigenvalue weighted by Crippen LogP contribution is 2.65. The number of aliphatic hydroxyl groups excluding tert-OH is 1. The van der Waals surface area contributed by atoms with Gasteiger partial charge in [0.15, 0.2) is 0 Å². The van der Waals surface area contributed by atoms with Crippen molar-refractivity contribution in [3.8, 4) is 0 Å². The van der Waals surface area contributed by atoms with Gasteiger partial charge in [0, 0.05) is 16.8 Å². The predicted octanol–water partition coefficient (Wildman–Crippen LogP) is 3.56. The molecule has 0 aliphatic carbocycles. The Morgan fingerprint density at radius 2 is 1.83 bits per heavy atom. The number of carbonyl (C=O) groups excluding carboxylic acids is 3. The molecule has 6 atom stereocenters. The highest BCUT2D eigenvalue weighted by atomic mass is 32.2. The molecule has 8 heteroatoms. The number of rotatable bonds is 4. The second kappa shape index (κ2) is 9.82. The van der Waals surface area contributed by atoms with Crippen LogP contribution in [0.25, 0.3) is 0 Å². The van der Waals surface area contributed by atoms with Gasteiger partial charge in [0.1, 0.15) is 6.04 Å². The number of cyclic esters (lactones) is 1. The van der Waals surface area contributed by atoms with Crippen molar-refractivity contribution < 1.29 is 24.2 Å². The number of amides is 2. The number of allylic oxidation sites excluding steroid dienone is 1. The maximum Gasteiger partial charge on any atom is 0.311 e. The molecule has 7 nitrogen and oxygen atoms in total. The topological polar surface area (TPSA) is 87.2 Å². The number of hydrogen-bond acceptors (Lipinski definition) is 6. The van der Waals surface area contributed by atoms with Crippen LogP contribution in [0.1, 0.15) is 67.2 Å². The van der Waals surface area contributed by atoms with Crippen molar-refractivity contribution in [3.05, 3.63) is 24.3 Å². The normalized spacial score (nSPS) is 36.8. The van der Waals surface area contributed by atoms with E-state index in [4.69, 9.17) is 4.74 Å². The van der Waals surface area contributed by atoms with Gasteiger partial charge in [-0.15, -0.1) is 11.8 Å². The van der Waals surface area contributed by atoms with Crippen LogP contribution in [0.3, 0.4) is 0 Å². The van der Waals surface area contributed by atoms with Crippen LogP contribution in [0.2, 0.25) is 0 Å². The molecule has 0 aromatic carbocycles. The Labute approximate surface area is 219 Å². The fourth-order valence-electron chi connectivity index (χ4n) is 6.55. The number of likely N-dealkylation sites (tertiary alicyclic amines) is 1. The van der Waals surface area contributed by atoms with Gasteiger partial charge in [-0.2, -0.15) is 0 Å². The molecule has 0 aromatic rings. The highest BCUT2D eigenvalue weighted by Gasteiger charge is 2.74. The molecule has 2 amide bonds. The number of esters is 1. The van der Waals surface area contributed by atoms with E-state index in [9.17, 15) is 19.5 Å². The van der Waals surface area contributed by atoms with Gasteiger partial charge in [-0.3, -0.25) is 14.4 Å². The minimum absolute atomic E-state index is 0.122. The first kappa shape index (κ1) is 27.2. The standard InChI is InChI=1S/C28H42N2O5S/c1-18(2)16-19(17-31)30-22-24(33)29(26(3,4)5)14-11-13-28(22)20(23(30)32)21-25(34)35-15-10-8-7-9-12-27(21,6)36-28/h9,11-13,18-22,31H,7-8,10,14-17H2,1-6H3/b12-9-/t19-,20+,21+,22?,27-,28+/m1/s1. The van der Waals surface area contributed by atoms with E-state index in [1.807, 2.05) is 58.6 Å². The summed E-state index contributed by atoms with van der Waals surface area (Å²) in [7, 11) is 0. The van der Waals surface area contributed by atoms with Crippen LogP contribution in [0.4, 0.5) is 0 Å². The Morgan fingerprint density at radius 3 is 2.47 bits per heavy atom. The lowest BCUT2D eigenvalue weighted by molar-refractivity contribution is -0.155. The largest absolute Gasteiger partial charge is 0.465 e. The maximum absolute atomic E-state index is 14.4. The zero-order valence-corrected chi connectivity index (χ0v) is 23.3. The third-order valence-corrected chi connectivity index (χ3v) is 9.89. The second-order valence-corrected chi connectivity index (χ2v) is 14.1. The summed E-state index contributed by atoms with van der Waals surface area (Å²) >= 11 is 1.56. The van der Waals surface area contributed by atoms with E-state index >= 15 is 0 Å². The summed E-state index contributed by atoms with van der Waals surface area (Å²) < 4.78 is 4.12. The molecule has 1 unspecified atom stereocenters. The average Bonchev–Trinajstić information content (AvgIpc) is 3.11. The summed E-state index contributed by atoms with van der Waals surface area (Å²) in [6.45, 7) is 12.6. The SMILES string of the molecule is CC(C)C[C@H](CO)N1C(=O)[C@@H]2[C@H]3C(=O)OCCCC/C=C\[C@@]3(C)S[C@@]23C=CCN(C(C)(C)C)C(=O)C13. The molecular weight excluding hydrogens is 476 g/mol. The first-order valence-electron chi connectivity index (χ1n) is 13.3. The molecule has 2 fully saturated rings. The Hall–Kier alpha value is -1.80. The van der Waals surface area contributed by atoms with E-state index in [1.165, 1.54) is 0 Å². The molecule has 4 aliphatic rings. The number of carbonyl (C=O) groups is 3. The fraction of sp³-hybridized carbons (Fsp3) is 0.750. The van der Waals surface area contributed by atoms with Crippen LogP contribution in [0, 0.1) is 17.8 Å². The number of hydrogen-bond donors (Lipinski definition) is 1. The summed E-state index contributed by atoms with van der Waals surface area (Å²) in [5.41, 5.74) is -0.448. The summed E-state index contributed by atoms with van der Waals surface area (Å²) in [4.78, 5) is 45.8. The van der Waals surface area contributed by atoms with E-state index in [1.54, 1.807) is 16.7 Å². The van der Waals surface area contributed by atoms with Gasteiger partial charge >= 0.3 is 5.97 Å². The Balaban J connectivity index is 1.91. The Bertz CT molecular complexity index is 956. The molecular formula is C28H42N2O5S. The van der Waals surface area contributed by atoms with Crippen molar-refractivity contribution >= 4 is 29.5 Å². The van der Waals surface area contributed by atoms with Gasteiger partial charge in [-0.05, 0) is 59.3 Å². The monoisotopic (exact) mass is 518 g/mol. The third-order valence-electron chi connectivity index (χ3n) is 8.10. The Kier molecular flexibility index (Phi) is 7.43. The molecule has 0 saturated carbocycles. The van der Waals surface area contributed by atoms with Gasteiger partial charge in [-0.1, -0.05) is 38.2 Å². The number of nitrogens with zero attached hydrogens (tertiary/aromatic N) is 2. The summed E-state index contributed by atoms with van der Waals surface area (Å²) in [6.07, 6.45) is 11.4. The molecule has 36 heavy (non-hydrogen) atoms. The zero-order chi connectivity index (χ0) is 26.5. The van der Waals surface area contributed by atoms with Crippen LogP contribution in [0.5, 0.6) is 0 Å². The van der Waals surface area contributed by atoms with E-state index < -0.39 is 39.0 Å². The Morgan fingerprint density at radius 1 is 1.11 bits per heavy atom. The lowest BCUT2D eigenvalue weighted by Crippen LogP contribution is -2.59. The van der Waals surface area contributed by atoms with Crippen LogP contribution in [-0.2, 0) is 19.1 Å². The van der Waals surface area contributed by atoms with Crippen molar-refractivity contribution in [2.75, 3.05) is 19.8 Å². The minimum atomic E-state index is -0.921. The first-order valence-corrected chi connectivity index (χ1v) is 14.2. The molecule has 4 rings (SSSR count). The van der Waals surface area contributed by atoms with Crippen LogP contribution in [0.15, 0.2) is 24.3 Å². The lowest BCUT2D eigenvalue weighted by Gasteiger charge is -2.43. The molecule has 4 aliphatic heterocycles. The van der Waals surface area contributed by atoms with E-state index in [0.29, 0.717) is 19.6 Å². The fourth-order valence-corrected chi connectivity index (χ4v) is 8.69. The van der Waals surface area contributed by atoms with Gasteiger partial charge in [0.2, 0.25) is 11.8 Å². The molecule has 1 spiro atoms. The minimum Gasteiger partial charge on any atom is -0.465 e. The number of aliphatic hydroxyl groups is 1. The number of fused-ring (bicyclic) bond motifs is 2. The third kappa shape index (κ3) is 4.42. The summed E-state index contributed by atoms with van der Waals surface area (Å²) in [5.74, 6) is -1.94. The van der Waals surface area contributed by atoms with E-state index in [-0.39, 0.29) is 30.3 Å². The van der Waals surface area contributed by atoms with Crippen molar-refractivity contribution in [2.45, 2.75) is 94.3 Å². The smallest absolute Gasteiger partial charge is 0.311 e. The van der Waals surface area contributed by atoms with Crippen molar-refractivity contribution in [1.82, 2.24) is 9.80 Å². The number of ether oxygens (including phenoxy) is 1. The van der Waals surface area contributed by atoms with Crippen molar-refractivity contribution in [1.29, 1.82) is 0 Å². The zero-order valence-electron chi connectivity index (χ0n) is 22.5. The van der Waals surface area contributed by atoms with E-state index in [2.05, 4.69) is 12.2 Å². The quantitative estimate of drug-likeness (QED) is 0.452. The summed E-state index contributed by atoms with van der Waals surface area (Å²) in [5, 5.41) is 10.4. The summed E-state index contributed by atoms with van der Waals surface area (Å²) in [6, 6.07) is -1.30. The first-order chi connectivity index (χ1) is 16.9. The van der Waals surface area contributed by atoms with Gasteiger partial charge < -0.3 is 19.6 Å². The number of thioether (sulfide) groups is 1. The average molecular weight is 519 g/mol. The van der Waals surface area contributed by atoms with Gasteiger partial charge in [0.25, 0.3) is 0 Å². The van der Waals surface area contributed by atoms with Crippen molar-refractivity contribution in [2.24, 2.45) is 17.8 Å². The second-order valence-electron chi connectivity index (χ2n) is 12.3. The molecule has 200 valence electrons. The molecule has 0 bridgehead atoms. The van der Waals surface area contributed by atoms with Gasteiger partial charge in [-0.25, -0.2) is 0 Å². The lowest BCUT2D eigenvalue weighted by atomic mass is 9.74.